The highest BCUT2D eigenvalue weighted by Gasteiger charge is 2.23. The number of amides is 1. The van der Waals surface area contributed by atoms with Crippen LogP contribution in [0.2, 0.25) is 0 Å². The van der Waals surface area contributed by atoms with Crippen molar-refractivity contribution in [3.8, 4) is 12.3 Å². The standard InChI is InChI=1S/C12H13N3O5/c1-3-5-9(12(17)18)13-11(16)10-6-8(15(19)20)7-14(10)4-2/h1,6-7,9H,4-5H2,2H3,(H,13,16)(H,17,18). The van der Waals surface area contributed by atoms with E-state index in [1.807, 2.05) is 0 Å². The van der Waals surface area contributed by atoms with E-state index in [4.69, 9.17) is 11.5 Å². The molecule has 0 spiro atoms. The molecule has 1 aromatic rings. The first-order valence-electron chi connectivity index (χ1n) is 5.72. The highest BCUT2D eigenvalue weighted by molar-refractivity contribution is 5.96. The number of carboxylic acids is 1. The molecule has 1 rings (SSSR count). The maximum Gasteiger partial charge on any atom is 0.327 e. The lowest BCUT2D eigenvalue weighted by molar-refractivity contribution is -0.384. The van der Waals surface area contributed by atoms with Gasteiger partial charge in [-0.15, -0.1) is 12.3 Å². The van der Waals surface area contributed by atoms with Crippen molar-refractivity contribution >= 4 is 17.6 Å². The summed E-state index contributed by atoms with van der Waals surface area (Å²) in [6, 6.07) is -0.139. The topological polar surface area (TPSA) is 114 Å². The zero-order valence-electron chi connectivity index (χ0n) is 10.7. The number of hydrogen-bond acceptors (Lipinski definition) is 4. The van der Waals surface area contributed by atoms with Crippen molar-refractivity contribution < 1.29 is 19.6 Å². The first-order valence-corrected chi connectivity index (χ1v) is 5.72. The fourth-order valence-corrected chi connectivity index (χ4v) is 1.60. The fourth-order valence-electron chi connectivity index (χ4n) is 1.60. The van der Waals surface area contributed by atoms with Gasteiger partial charge < -0.3 is 15.0 Å². The van der Waals surface area contributed by atoms with Crippen LogP contribution >= 0.6 is 0 Å². The van der Waals surface area contributed by atoms with Crippen LogP contribution in [0.1, 0.15) is 23.8 Å². The maximum atomic E-state index is 12.0. The Morgan fingerprint density at radius 1 is 1.65 bits per heavy atom. The van der Waals surface area contributed by atoms with E-state index < -0.39 is 22.8 Å². The molecule has 0 saturated carbocycles. The first kappa shape index (κ1) is 15.2. The molecule has 1 amide bonds. The van der Waals surface area contributed by atoms with Crippen LogP contribution in [-0.2, 0) is 11.3 Å². The van der Waals surface area contributed by atoms with Gasteiger partial charge in [0.15, 0.2) is 0 Å². The summed E-state index contributed by atoms with van der Waals surface area (Å²) < 4.78 is 1.36. The van der Waals surface area contributed by atoms with Crippen molar-refractivity contribution in [1.29, 1.82) is 0 Å². The van der Waals surface area contributed by atoms with E-state index in [0.29, 0.717) is 6.54 Å². The number of terminal acetylenes is 1. The van der Waals surface area contributed by atoms with Gasteiger partial charge in [0, 0.05) is 19.0 Å². The van der Waals surface area contributed by atoms with E-state index in [-0.39, 0.29) is 17.8 Å². The SMILES string of the molecule is C#CCC(NC(=O)c1cc([N+](=O)[O-])cn1CC)C(=O)O. The van der Waals surface area contributed by atoms with Crippen LogP contribution in [-0.4, -0.2) is 32.5 Å². The number of rotatable bonds is 6. The van der Waals surface area contributed by atoms with Gasteiger partial charge >= 0.3 is 5.97 Å². The summed E-state index contributed by atoms with van der Waals surface area (Å²) in [5.41, 5.74) is -0.219. The number of aryl methyl sites for hydroxylation is 1. The normalized spacial score (nSPS) is 11.4. The second kappa shape index (κ2) is 6.38. The molecule has 0 saturated heterocycles. The molecule has 1 atom stereocenters. The van der Waals surface area contributed by atoms with Crippen molar-refractivity contribution in [2.45, 2.75) is 25.9 Å². The molecule has 0 radical (unpaired) electrons. The van der Waals surface area contributed by atoms with Crippen LogP contribution in [0.4, 0.5) is 5.69 Å². The first-order chi connectivity index (χ1) is 9.40. The summed E-state index contributed by atoms with van der Waals surface area (Å²) in [6.45, 7) is 2.04. The summed E-state index contributed by atoms with van der Waals surface area (Å²) in [6.07, 6.45) is 6.07. The highest BCUT2D eigenvalue weighted by atomic mass is 16.6. The van der Waals surface area contributed by atoms with Gasteiger partial charge in [0.2, 0.25) is 0 Å². The van der Waals surface area contributed by atoms with Crippen LogP contribution in [0.25, 0.3) is 0 Å². The lowest BCUT2D eigenvalue weighted by atomic mass is 10.2. The van der Waals surface area contributed by atoms with E-state index in [9.17, 15) is 19.7 Å². The number of carboxylic acid groups (broad SMARTS) is 1. The Bertz CT molecular complexity index is 584. The van der Waals surface area contributed by atoms with Gasteiger partial charge in [0.25, 0.3) is 11.6 Å². The zero-order valence-corrected chi connectivity index (χ0v) is 10.7. The van der Waals surface area contributed by atoms with Crippen molar-refractivity contribution in [3.63, 3.8) is 0 Å². The average Bonchev–Trinajstić information content (AvgIpc) is 2.82. The third-order valence-electron chi connectivity index (χ3n) is 2.59. The van der Waals surface area contributed by atoms with Crippen molar-refractivity contribution in [1.82, 2.24) is 9.88 Å². The Balaban J connectivity index is 2.99. The number of nitrogens with one attached hydrogen (secondary N) is 1. The summed E-state index contributed by atoms with van der Waals surface area (Å²) >= 11 is 0. The van der Waals surface area contributed by atoms with Crippen molar-refractivity contribution in [3.05, 3.63) is 28.1 Å². The molecular weight excluding hydrogens is 266 g/mol. The molecule has 106 valence electrons. The minimum Gasteiger partial charge on any atom is -0.480 e. The number of carbonyl (C=O) groups is 2. The Morgan fingerprint density at radius 3 is 2.75 bits per heavy atom. The molecule has 2 N–H and O–H groups in total. The number of nitrogens with zero attached hydrogens (tertiary/aromatic N) is 2. The minimum atomic E-state index is -1.26. The predicted molar refractivity (Wildman–Crippen MR) is 69.1 cm³/mol. The van der Waals surface area contributed by atoms with Crippen LogP contribution in [0, 0.1) is 22.5 Å². The van der Waals surface area contributed by atoms with Crippen molar-refractivity contribution in [2.24, 2.45) is 0 Å². The molecule has 0 aliphatic rings. The molecule has 0 aliphatic carbocycles. The number of carbonyl (C=O) groups excluding carboxylic acids is 1. The smallest absolute Gasteiger partial charge is 0.327 e. The molecule has 1 heterocycles. The third-order valence-corrected chi connectivity index (χ3v) is 2.59. The quantitative estimate of drug-likeness (QED) is 0.450. The molecule has 1 unspecified atom stereocenters. The minimum absolute atomic E-state index is 0.0162. The maximum absolute atomic E-state index is 12.0. The van der Waals surface area contributed by atoms with Gasteiger partial charge in [-0.2, -0.15) is 0 Å². The largest absolute Gasteiger partial charge is 0.480 e. The van der Waals surface area contributed by atoms with Gasteiger partial charge in [-0.05, 0) is 6.92 Å². The number of aromatic nitrogens is 1. The molecule has 8 nitrogen and oxygen atoms in total. The van der Waals surface area contributed by atoms with E-state index >= 15 is 0 Å². The summed E-state index contributed by atoms with van der Waals surface area (Å²) in [4.78, 5) is 32.9. The van der Waals surface area contributed by atoms with Gasteiger partial charge in [0.05, 0.1) is 11.1 Å². The van der Waals surface area contributed by atoms with E-state index in [1.165, 1.54) is 10.8 Å². The van der Waals surface area contributed by atoms with Crippen molar-refractivity contribution in [2.75, 3.05) is 0 Å². The monoisotopic (exact) mass is 279 g/mol. The Kier molecular flexibility index (Phi) is 4.86. The predicted octanol–water partition coefficient (Wildman–Crippen LogP) is 0.622. The van der Waals surface area contributed by atoms with E-state index in [1.54, 1.807) is 6.92 Å². The van der Waals surface area contributed by atoms with Crippen LogP contribution < -0.4 is 5.32 Å². The third kappa shape index (κ3) is 3.35. The molecule has 1 aromatic heterocycles. The van der Waals surface area contributed by atoms with Gasteiger partial charge in [0.1, 0.15) is 11.7 Å². The van der Waals surface area contributed by atoms with E-state index in [0.717, 1.165) is 6.07 Å². The second-order valence-electron chi connectivity index (χ2n) is 3.90. The Hall–Kier alpha value is -2.82. The Morgan fingerprint density at radius 2 is 2.30 bits per heavy atom. The average molecular weight is 279 g/mol. The molecule has 0 aliphatic heterocycles. The zero-order chi connectivity index (χ0) is 15.3. The van der Waals surface area contributed by atoms with Gasteiger partial charge in [-0.25, -0.2) is 4.79 Å². The molecule has 0 fully saturated rings. The van der Waals surface area contributed by atoms with Crippen LogP contribution in [0.5, 0.6) is 0 Å². The fraction of sp³-hybridized carbons (Fsp3) is 0.333. The van der Waals surface area contributed by atoms with Gasteiger partial charge in [-0.3, -0.25) is 14.9 Å². The summed E-state index contributed by atoms with van der Waals surface area (Å²) in [5, 5.41) is 21.8. The molecule has 20 heavy (non-hydrogen) atoms. The summed E-state index contributed by atoms with van der Waals surface area (Å²) in [5.74, 6) is 0.164. The van der Waals surface area contributed by atoms with E-state index in [2.05, 4.69) is 11.2 Å². The number of aliphatic carboxylic acids is 1. The van der Waals surface area contributed by atoms with Gasteiger partial charge in [-0.1, -0.05) is 0 Å². The van der Waals surface area contributed by atoms with Crippen LogP contribution in [0.3, 0.4) is 0 Å². The Labute approximate surface area is 114 Å². The number of nitro groups is 1. The highest BCUT2D eigenvalue weighted by Crippen LogP contribution is 2.16. The number of hydrogen-bond donors (Lipinski definition) is 2. The second-order valence-corrected chi connectivity index (χ2v) is 3.90. The summed E-state index contributed by atoms with van der Waals surface area (Å²) in [7, 11) is 0. The lowest BCUT2D eigenvalue weighted by Gasteiger charge is -2.12. The lowest BCUT2D eigenvalue weighted by Crippen LogP contribution is -2.41. The molecular formula is C12H13N3O5. The molecule has 8 heteroatoms. The van der Waals surface area contributed by atoms with Crippen LogP contribution in [0.15, 0.2) is 12.3 Å². The molecule has 0 bridgehead atoms. The molecule has 0 aromatic carbocycles.